The Morgan fingerprint density at radius 1 is 1.15 bits per heavy atom. The van der Waals surface area contributed by atoms with Gasteiger partial charge >= 0.3 is 0 Å². The first kappa shape index (κ1) is 17.7. The van der Waals surface area contributed by atoms with Gasteiger partial charge < -0.3 is 14.6 Å². The molecule has 0 fully saturated rings. The molecule has 0 saturated heterocycles. The van der Waals surface area contributed by atoms with Gasteiger partial charge in [0.1, 0.15) is 5.75 Å². The number of carbonyl (C=O) groups is 1. The molecule has 2 aromatic carbocycles. The van der Waals surface area contributed by atoms with E-state index in [9.17, 15) is 4.79 Å². The molecule has 134 valence electrons. The van der Waals surface area contributed by atoms with E-state index >= 15 is 0 Å². The normalized spacial score (nSPS) is 10.5. The van der Waals surface area contributed by atoms with Crippen LogP contribution >= 0.6 is 0 Å². The van der Waals surface area contributed by atoms with Crippen LogP contribution in [0, 0.1) is 6.92 Å². The molecule has 0 unspecified atom stereocenters. The summed E-state index contributed by atoms with van der Waals surface area (Å²) in [5.74, 6) is 1.67. The predicted molar refractivity (Wildman–Crippen MR) is 97.6 cm³/mol. The number of aryl methyl sites for hydroxylation is 2. The van der Waals surface area contributed by atoms with Crippen molar-refractivity contribution in [1.29, 1.82) is 0 Å². The van der Waals surface area contributed by atoms with Crippen LogP contribution in [0.5, 0.6) is 5.75 Å². The minimum Gasteiger partial charge on any atom is -0.497 e. The lowest BCUT2D eigenvalue weighted by molar-refractivity contribution is -0.121. The number of aromatic nitrogens is 2. The van der Waals surface area contributed by atoms with Gasteiger partial charge in [0.25, 0.3) is 0 Å². The zero-order chi connectivity index (χ0) is 18.4. The summed E-state index contributed by atoms with van der Waals surface area (Å²) in [6.45, 7) is 2.21. The standard InChI is InChI=1S/C20H21N3O3/c1-14-5-3-4-6-17(14)20-22-19(26-23-20)13-21-18(24)12-9-15-7-10-16(25-2)11-8-15/h3-8,10-11H,9,12-13H2,1-2H3,(H,21,24). The number of hydrogen-bond acceptors (Lipinski definition) is 5. The minimum absolute atomic E-state index is 0.0588. The van der Waals surface area contributed by atoms with Crippen LogP contribution in [0.1, 0.15) is 23.4 Å². The smallest absolute Gasteiger partial charge is 0.246 e. The van der Waals surface area contributed by atoms with Crippen LogP contribution in [0.2, 0.25) is 0 Å². The summed E-state index contributed by atoms with van der Waals surface area (Å²) in [6.07, 6.45) is 1.05. The average Bonchev–Trinajstić information content (AvgIpc) is 3.14. The Labute approximate surface area is 152 Å². The van der Waals surface area contributed by atoms with E-state index in [4.69, 9.17) is 9.26 Å². The first-order valence-corrected chi connectivity index (χ1v) is 8.44. The van der Waals surface area contributed by atoms with Gasteiger partial charge in [0.05, 0.1) is 13.7 Å². The fourth-order valence-corrected chi connectivity index (χ4v) is 2.57. The van der Waals surface area contributed by atoms with Gasteiger partial charge in [-0.05, 0) is 36.6 Å². The fraction of sp³-hybridized carbons (Fsp3) is 0.250. The summed E-state index contributed by atoms with van der Waals surface area (Å²) in [7, 11) is 1.63. The third-order valence-electron chi connectivity index (χ3n) is 4.09. The molecular weight excluding hydrogens is 330 g/mol. The molecule has 1 heterocycles. The quantitative estimate of drug-likeness (QED) is 0.707. The van der Waals surface area contributed by atoms with E-state index in [0.717, 1.165) is 22.4 Å². The van der Waals surface area contributed by atoms with Gasteiger partial charge in [-0.2, -0.15) is 4.98 Å². The molecular formula is C20H21N3O3. The van der Waals surface area contributed by atoms with Gasteiger partial charge in [-0.1, -0.05) is 41.6 Å². The van der Waals surface area contributed by atoms with E-state index in [1.807, 2.05) is 55.5 Å². The Balaban J connectivity index is 1.49. The Hall–Kier alpha value is -3.15. The highest BCUT2D eigenvalue weighted by molar-refractivity contribution is 5.76. The van der Waals surface area contributed by atoms with Crippen LogP contribution in [-0.4, -0.2) is 23.2 Å². The van der Waals surface area contributed by atoms with Gasteiger partial charge in [-0.25, -0.2) is 0 Å². The molecule has 6 nitrogen and oxygen atoms in total. The van der Waals surface area contributed by atoms with E-state index in [1.54, 1.807) is 7.11 Å². The van der Waals surface area contributed by atoms with E-state index in [2.05, 4.69) is 15.5 Å². The Kier molecular flexibility index (Phi) is 5.63. The van der Waals surface area contributed by atoms with Gasteiger partial charge in [-0.15, -0.1) is 0 Å². The van der Waals surface area contributed by atoms with Gasteiger partial charge in [0, 0.05) is 12.0 Å². The van der Waals surface area contributed by atoms with Crippen LogP contribution in [0.4, 0.5) is 0 Å². The maximum absolute atomic E-state index is 12.0. The zero-order valence-electron chi connectivity index (χ0n) is 14.9. The van der Waals surface area contributed by atoms with E-state index in [-0.39, 0.29) is 12.5 Å². The van der Waals surface area contributed by atoms with Crippen LogP contribution in [0.15, 0.2) is 53.1 Å². The minimum atomic E-state index is -0.0588. The number of rotatable bonds is 7. The predicted octanol–water partition coefficient (Wildman–Crippen LogP) is 3.30. The van der Waals surface area contributed by atoms with Crippen molar-refractivity contribution in [3.05, 3.63) is 65.5 Å². The summed E-state index contributed by atoms with van der Waals surface area (Å²) in [6, 6.07) is 15.5. The molecule has 3 rings (SSSR count). The summed E-state index contributed by atoms with van der Waals surface area (Å²) in [4.78, 5) is 16.4. The van der Waals surface area contributed by atoms with Crippen LogP contribution in [-0.2, 0) is 17.8 Å². The number of nitrogens with one attached hydrogen (secondary N) is 1. The van der Waals surface area contributed by atoms with Gasteiger partial charge in [0.15, 0.2) is 0 Å². The third kappa shape index (κ3) is 4.47. The van der Waals surface area contributed by atoms with Gasteiger partial charge in [0.2, 0.25) is 17.6 Å². The third-order valence-corrected chi connectivity index (χ3v) is 4.09. The second-order valence-electron chi connectivity index (χ2n) is 5.95. The molecule has 0 aliphatic carbocycles. The van der Waals surface area contributed by atoms with Crippen LogP contribution in [0.25, 0.3) is 11.4 Å². The molecule has 1 aromatic heterocycles. The van der Waals surface area contributed by atoms with E-state index in [1.165, 1.54) is 0 Å². The summed E-state index contributed by atoms with van der Waals surface area (Å²) < 4.78 is 10.3. The molecule has 26 heavy (non-hydrogen) atoms. The SMILES string of the molecule is COc1ccc(CCC(=O)NCc2nc(-c3ccccc3C)no2)cc1. The molecule has 0 saturated carbocycles. The van der Waals surface area contributed by atoms with Crippen LogP contribution < -0.4 is 10.1 Å². The molecule has 0 radical (unpaired) electrons. The first-order valence-electron chi connectivity index (χ1n) is 8.44. The lowest BCUT2D eigenvalue weighted by atomic mass is 10.1. The highest BCUT2D eigenvalue weighted by Gasteiger charge is 2.11. The molecule has 0 aliphatic rings. The van der Waals surface area contributed by atoms with Crippen molar-refractivity contribution >= 4 is 5.91 Å². The molecule has 0 atom stereocenters. The summed E-state index contributed by atoms with van der Waals surface area (Å²) in [5.41, 5.74) is 3.08. The maximum atomic E-state index is 12.0. The second-order valence-corrected chi connectivity index (χ2v) is 5.95. The maximum Gasteiger partial charge on any atom is 0.246 e. The van der Waals surface area contributed by atoms with Crippen molar-refractivity contribution in [3.63, 3.8) is 0 Å². The second kappa shape index (κ2) is 8.29. The highest BCUT2D eigenvalue weighted by atomic mass is 16.5. The number of methoxy groups -OCH3 is 1. The lowest BCUT2D eigenvalue weighted by Crippen LogP contribution is -2.23. The van der Waals surface area contributed by atoms with Gasteiger partial charge in [-0.3, -0.25) is 4.79 Å². The van der Waals surface area contributed by atoms with Crippen molar-refractivity contribution in [3.8, 4) is 17.1 Å². The number of ether oxygens (including phenoxy) is 1. The van der Waals surface area contributed by atoms with Crippen LogP contribution in [0.3, 0.4) is 0 Å². The number of amides is 1. The number of nitrogens with zero attached hydrogens (tertiary/aromatic N) is 2. The zero-order valence-corrected chi connectivity index (χ0v) is 14.9. The van der Waals surface area contributed by atoms with Crippen molar-refractivity contribution in [2.45, 2.75) is 26.3 Å². The summed E-state index contributed by atoms with van der Waals surface area (Å²) in [5, 5.41) is 6.80. The Morgan fingerprint density at radius 3 is 2.65 bits per heavy atom. The van der Waals surface area contributed by atoms with Crippen molar-refractivity contribution < 1.29 is 14.1 Å². The van der Waals surface area contributed by atoms with E-state index < -0.39 is 0 Å². The van der Waals surface area contributed by atoms with Crippen molar-refractivity contribution in [2.75, 3.05) is 7.11 Å². The molecule has 6 heteroatoms. The molecule has 1 N–H and O–H groups in total. The lowest BCUT2D eigenvalue weighted by Gasteiger charge is -2.04. The largest absolute Gasteiger partial charge is 0.497 e. The molecule has 3 aromatic rings. The topological polar surface area (TPSA) is 77.2 Å². The number of hydrogen-bond donors (Lipinski definition) is 1. The molecule has 0 bridgehead atoms. The fourth-order valence-electron chi connectivity index (χ4n) is 2.57. The van der Waals surface area contributed by atoms with Crippen molar-refractivity contribution in [2.24, 2.45) is 0 Å². The molecule has 1 amide bonds. The molecule has 0 aliphatic heterocycles. The average molecular weight is 351 g/mol. The highest BCUT2D eigenvalue weighted by Crippen LogP contribution is 2.19. The van der Waals surface area contributed by atoms with Crippen molar-refractivity contribution in [1.82, 2.24) is 15.5 Å². The monoisotopic (exact) mass is 351 g/mol. The van der Waals surface area contributed by atoms with E-state index in [0.29, 0.717) is 24.6 Å². The Bertz CT molecular complexity index is 872. The Morgan fingerprint density at radius 2 is 1.92 bits per heavy atom. The number of carbonyl (C=O) groups excluding carboxylic acids is 1. The number of benzene rings is 2. The first-order chi connectivity index (χ1) is 12.7. The molecule has 0 spiro atoms. The summed E-state index contributed by atoms with van der Waals surface area (Å²) >= 11 is 0.